The largest absolute Gasteiger partial charge is 0.496 e. The van der Waals surface area contributed by atoms with Crippen LogP contribution in [0.4, 0.5) is 5.82 Å². The van der Waals surface area contributed by atoms with Gasteiger partial charge in [0.15, 0.2) is 0 Å². The third kappa shape index (κ3) is 2.79. The lowest BCUT2D eigenvalue weighted by atomic mass is 10.0. The van der Waals surface area contributed by atoms with Gasteiger partial charge in [-0.2, -0.15) is 0 Å². The van der Waals surface area contributed by atoms with Crippen LogP contribution in [0.3, 0.4) is 0 Å². The molecule has 0 atom stereocenters. The number of methoxy groups -OCH3 is 1. The van der Waals surface area contributed by atoms with Crippen molar-refractivity contribution in [1.29, 1.82) is 0 Å². The van der Waals surface area contributed by atoms with Crippen molar-refractivity contribution >= 4 is 17.4 Å². The zero-order valence-electron chi connectivity index (χ0n) is 11.2. The van der Waals surface area contributed by atoms with Gasteiger partial charge in [-0.05, 0) is 19.9 Å². The van der Waals surface area contributed by atoms with Crippen LogP contribution in [0.5, 0.6) is 5.75 Å². The number of rotatable bonds is 3. The lowest BCUT2D eigenvalue weighted by Gasteiger charge is -2.13. The Balaban J connectivity index is 2.41. The van der Waals surface area contributed by atoms with Crippen LogP contribution in [-0.4, -0.2) is 17.1 Å². The minimum atomic E-state index is 0.477. The molecule has 0 aliphatic carbocycles. The summed E-state index contributed by atoms with van der Waals surface area (Å²) in [4.78, 5) is 8.50. The molecule has 100 valence electrons. The van der Waals surface area contributed by atoms with Crippen molar-refractivity contribution in [2.75, 3.05) is 12.8 Å². The Hall–Kier alpha value is -1.81. The van der Waals surface area contributed by atoms with Crippen LogP contribution in [0.15, 0.2) is 18.5 Å². The maximum absolute atomic E-state index is 5.94. The Morgan fingerprint density at radius 3 is 2.68 bits per heavy atom. The van der Waals surface area contributed by atoms with Gasteiger partial charge >= 0.3 is 0 Å². The summed E-state index contributed by atoms with van der Waals surface area (Å²) in [6, 6.07) is 1.82. The van der Waals surface area contributed by atoms with Crippen molar-refractivity contribution < 1.29 is 4.74 Å². The van der Waals surface area contributed by atoms with E-state index in [9.17, 15) is 0 Å². The molecule has 0 amide bonds. The molecule has 4 nitrogen and oxygen atoms in total. The monoisotopic (exact) mass is 277 g/mol. The highest BCUT2D eigenvalue weighted by molar-refractivity contribution is 6.30. The SMILES string of the molecule is COc1c(C)cnc(Cc2cc(Cl)cnc2N)c1C. The molecule has 0 saturated heterocycles. The van der Waals surface area contributed by atoms with E-state index in [0.29, 0.717) is 17.3 Å². The fraction of sp³-hybridized carbons (Fsp3) is 0.286. The zero-order chi connectivity index (χ0) is 14.0. The molecule has 2 N–H and O–H groups in total. The van der Waals surface area contributed by atoms with E-state index in [2.05, 4.69) is 9.97 Å². The molecule has 0 unspecified atom stereocenters. The molecule has 0 radical (unpaired) electrons. The molecule has 2 aromatic rings. The van der Waals surface area contributed by atoms with E-state index in [0.717, 1.165) is 28.1 Å². The second-order valence-electron chi connectivity index (χ2n) is 4.42. The van der Waals surface area contributed by atoms with E-state index in [1.54, 1.807) is 13.3 Å². The molecular formula is C14H16ClN3O. The van der Waals surface area contributed by atoms with Crippen LogP contribution < -0.4 is 10.5 Å². The first-order valence-corrected chi connectivity index (χ1v) is 6.29. The lowest BCUT2D eigenvalue weighted by Crippen LogP contribution is -2.04. The van der Waals surface area contributed by atoms with Crippen molar-refractivity contribution in [2.45, 2.75) is 20.3 Å². The summed E-state index contributed by atoms with van der Waals surface area (Å²) in [5.74, 6) is 1.34. The van der Waals surface area contributed by atoms with Gasteiger partial charge in [-0.1, -0.05) is 11.6 Å². The highest BCUT2D eigenvalue weighted by Gasteiger charge is 2.12. The first kappa shape index (κ1) is 13.6. The maximum atomic E-state index is 5.94. The number of nitrogens with zero attached hydrogens (tertiary/aromatic N) is 2. The van der Waals surface area contributed by atoms with Gasteiger partial charge < -0.3 is 10.5 Å². The number of pyridine rings is 2. The van der Waals surface area contributed by atoms with E-state index in [1.807, 2.05) is 19.9 Å². The average Bonchev–Trinajstić information content (AvgIpc) is 2.38. The molecule has 5 heteroatoms. The Labute approximate surface area is 117 Å². The van der Waals surface area contributed by atoms with Gasteiger partial charge in [-0.3, -0.25) is 4.98 Å². The summed E-state index contributed by atoms with van der Waals surface area (Å²) >= 11 is 5.94. The number of aryl methyl sites for hydroxylation is 1. The number of hydrogen-bond donors (Lipinski definition) is 1. The fourth-order valence-corrected chi connectivity index (χ4v) is 2.24. The third-order valence-corrected chi connectivity index (χ3v) is 3.28. The normalized spacial score (nSPS) is 10.5. The molecule has 19 heavy (non-hydrogen) atoms. The Kier molecular flexibility index (Phi) is 3.90. The smallest absolute Gasteiger partial charge is 0.128 e. The van der Waals surface area contributed by atoms with Crippen LogP contribution in [0.2, 0.25) is 5.02 Å². The molecule has 2 aromatic heterocycles. The molecule has 0 saturated carbocycles. The molecule has 2 heterocycles. The van der Waals surface area contributed by atoms with Crippen molar-refractivity contribution in [2.24, 2.45) is 0 Å². The van der Waals surface area contributed by atoms with Crippen molar-refractivity contribution in [3.8, 4) is 5.75 Å². The molecular weight excluding hydrogens is 262 g/mol. The molecule has 0 fully saturated rings. The number of nitrogens with two attached hydrogens (primary N) is 1. The second-order valence-corrected chi connectivity index (χ2v) is 4.86. The Morgan fingerprint density at radius 2 is 2.00 bits per heavy atom. The topological polar surface area (TPSA) is 61.0 Å². The number of ether oxygens (including phenoxy) is 1. The van der Waals surface area contributed by atoms with Gasteiger partial charge in [-0.25, -0.2) is 4.98 Å². The number of hydrogen-bond acceptors (Lipinski definition) is 4. The zero-order valence-corrected chi connectivity index (χ0v) is 12.0. The third-order valence-electron chi connectivity index (χ3n) is 3.08. The molecule has 0 bridgehead atoms. The lowest BCUT2D eigenvalue weighted by molar-refractivity contribution is 0.407. The first-order chi connectivity index (χ1) is 9.02. The van der Waals surface area contributed by atoms with Crippen LogP contribution in [0, 0.1) is 13.8 Å². The van der Waals surface area contributed by atoms with E-state index < -0.39 is 0 Å². The van der Waals surface area contributed by atoms with E-state index in [4.69, 9.17) is 22.1 Å². The number of nitrogen functional groups attached to an aromatic ring is 1. The average molecular weight is 278 g/mol. The van der Waals surface area contributed by atoms with Gasteiger partial charge in [0, 0.05) is 35.5 Å². The second kappa shape index (κ2) is 5.45. The minimum absolute atomic E-state index is 0.477. The highest BCUT2D eigenvalue weighted by Crippen LogP contribution is 2.26. The summed E-state index contributed by atoms with van der Waals surface area (Å²) in [6.07, 6.45) is 3.92. The summed E-state index contributed by atoms with van der Waals surface area (Å²) in [5.41, 5.74) is 9.67. The summed E-state index contributed by atoms with van der Waals surface area (Å²) < 4.78 is 5.40. The Bertz CT molecular complexity index is 614. The van der Waals surface area contributed by atoms with Gasteiger partial charge in [-0.15, -0.1) is 0 Å². The summed E-state index contributed by atoms with van der Waals surface area (Å²) in [6.45, 7) is 3.96. The van der Waals surface area contributed by atoms with E-state index in [-0.39, 0.29) is 0 Å². The fourth-order valence-electron chi connectivity index (χ4n) is 2.06. The van der Waals surface area contributed by atoms with E-state index >= 15 is 0 Å². The van der Waals surface area contributed by atoms with Gasteiger partial charge in [0.05, 0.1) is 17.8 Å². The molecule has 0 aliphatic rings. The van der Waals surface area contributed by atoms with Gasteiger partial charge in [0.25, 0.3) is 0 Å². The Morgan fingerprint density at radius 1 is 1.26 bits per heavy atom. The van der Waals surface area contributed by atoms with Crippen molar-refractivity contribution in [1.82, 2.24) is 9.97 Å². The standard InChI is InChI=1S/C14H16ClN3O/c1-8-6-17-12(9(2)13(8)19-3)5-10-4-11(15)7-18-14(10)16/h4,6-7H,5H2,1-3H3,(H2,16,18). The summed E-state index contributed by atoms with van der Waals surface area (Å²) in [7, 11) is 1.66. The highest BCUT2D eigenvalue weighted by atomic mass is 35.5. The maximum Gasteiger partial charge on any atom is 0.128 e. The molecule has 0 aromatic carbocycles. The van der Waals surface area contributed by atoms with Crippen LogP contribution >= 0.6 is 11.6 Å². The van der Waals surface area contributed by atoms with Crippen LogP contribution in [0.25, 0.3) is 0 Å². The van der Waals surface area contributed by atoms with Crippen LogP contribution in [0.1, 0.15) is 22.4 Å². The van der Waals surface area contributed by atoms with Crippen molar-refractivity contribution in [3.05, 3.63) is 45.9 Å². The van der Waals surface area contributed by atoms with Gasteiger partial charge in [0.2, 0.25) is 0 Å². The number of anilines is 1. The van der Waals surface area contributed by atoms with Gasteiger partial charge in [0.1, 0.15) is 11.6 Å². The first-order valence-electron chi connectivity index (χ1n) is 5.92. The van der Waals surface area contributed by atoms with Crippen LogP contribution in [-0.2, 0) is 6.42 Å². The summed E-state index contributed by atoms with van der Waals surface area (Å²) in [5, 5.41) is 0.570. The molecule has 0 aliphatic heterocycles. The predicted octanol–water partition coefficient (Wildman–Crippen LogP) is 2.93. The number of halogens is 1. The number of aromatic nitrogens is 2. The predicted molar refractivity (Wildman–Crippen MR) is 76.7 cm³/mol. The minimum Gasteiger partial charge on any atom is -0.496 e. The molecule has 2 rings (SSSR count). The quantitative estimate of drug-likeness (QED) is 0.937. The molecule has 0 spiro atoms. The van der Waals surface area contributed by atoms with E-state index in [1.165, 1.54) is 6.20 Å². The van der Waals surface area contributed by atoms with Crippen molar-refractivity contribution in [3.63, 3.8) is 0 Å².